The molecule has 3 aromatic heterocycles. The summed E-state index contributed by atoms with van der Waals surface area (Å²) in [5, 5.41) is 4.14. The molecule has 136 valence electrons. The molecule has 4 nitrogen and oxygen atoms in total. The Hall–Kier alpha value is -3.29. The minimum atomic E-state index is -4.58. The molecule has 4 rings (SSSR count). The largest absolute Gasteiger partial charge is 0.417 e. The van der Waals surface area contributed by atoms with E-state index < -0.39 is 17.6 Å². The SMILES string of the molecule is Cc1nn(-c2ccc(F)cc2)c2nc(-c3ccncc3)cc(C(F)(F)F)c12. The van der Waals surface area contributed by atoms with Gasteiger partial charge in [-0.25, -0.2) is 14.1 Å². The standard InChI is InChI=1S/C19H12F4N4/c1-11-17-15(19(21,22)23)10-16(12-6-8-24-9-7-12)25-18(17)27(26-11)14-4-2-13(20)3-5-14/h2-10H,1H3. The number of hydrogen-bond acceptors (Lipinski definition) is 3. The molecule has 0 N–H and O–H groups in total. The lowest BCUT2D eigenvalue weighted by Gasteiger charge is -2.11. The summed E-state index contributed by atoms with van der Waals surface area (Å²) in [5.41, 5.74) is 0.505. The number of pyridine rings is 2. The van der Waals surface area contributed by atoms with Crippen molar-refractivity contribution in [3.8, 4) is 16.9 Å². The number of aromatic nitrogens is 4. The van der Waals surface area contributed by atoms with Gasteiger partial charge in [0.15, 0.2) is 5.65 Å². The number of alkyl halides is 3. The summed E-state index contributed by atoms with van der Waals surface area (Å²) in [6.45, 7) is 1.49. The van der Waals surface area contributed by atoms with Gasteiger partial charge in [-0.2, -0.15) is 18.3 Å². The Bertz CT molecular complexity index is 1120. The van der Waals surface area contributed by atoms with E-state index in [1.165, 1.54) is 48.3 Å². The lowest BCUT2D eigenvalue weighted by Crippen LogP contribution is -2.08. The molecule has 0 saturated heterocycles. The molecule has 0 saturated carbocycles. The van der Waals surface area contributed by atoms with Crippen molar-refractivity contribution in [2.75, 3.05) is 0 Å². The maximum absolute atomic E-state index is 13.7. The van der Waals surface area contributed by atoms with E-state index >= 15 is 0 Å². The molecule has 1 aromatic carbocycles. The fourth-order valence-electron chi connectivity index (χ4n) is 2.95. The second-order valence-electron chi connectivity index (χ2n) is 5.96. The second-order valence-corrected chi connectivity index (χ2v) is 5.96. The highest BCUT2D eigenvalue weighted by Gasteiger charge is 2.35. The van der Waals surface area contributed by atoms with Crippen LogP contribution in [0.5, 0.6) is 0 Å². The van der Waals surface area contributed by atoms with Crippen molar-refractivity contribution < 1.29 is 17.6 Å². The maximum Gasteiger partial charge on any atom is 0.417 e. The maximum atomic E-state index is 13.7. The van der Waals surface area contributed by atoms with Crippen molar-refractivity contribution in [1.82, 2.24) is 19.7 Å². The molecule has 0 aliphatic carbocycles. The third kappa shape index (κ3) is 3.03. The Kier molecular flexibility index (Phi) is 3.91. The topological polar surface area (TPSA) is 43.6 Å². The summed E-state index contributed by atoms with van der Waals surface area (Å²) < 4.78 is 55.7. The van der Waals surface area contributed by atoms with Crippen LogP contribution in [0.3, 0.4) is 0 Å². The molecule has 0 atom stereocenters. The van der Waals surface area contributed by atoms with Crippen LogP contribution < -0.4 is 0 Å². The highest BCUT2D eigenvalue weighted by Crippen LogP contribution is 2.38. The van der Waals surface area contributed by atoms with Gasteiger partial charge in [0.25, 0.3) is 0 Å². The van der Waals surface area contributed by atoms with Gasteiger partial charge in [-0.1, -0.05) is 0 Å². The van der Waals surface area contributed by atoms with Crippen LogP contribution in [-0.4, -0.2) is 19.7 Å². The Morgan fingerprint density at radius 1 is 0.963 bits per heavy atom. The first-order valence-corrected chi connectivity index (χ1v) is 7.98. The van der Waals surface area contributed by atoms with E-state index in [1.54, 1.807) is 12.1 Å². The highest BCUT2D eigenvalue weighted by atomic mass is 19.4. The van der Waals surface area contributed by atoms with Gasteiger partial charge in [-0.3, -0.25) is 4.98 Å². The zero-order chi connectivity index (χ0) is 19.2. The molecule has 3 heterocycles. The Balaban J connectivity index is 2.06. The van der Waals surface area contributed by atoms with Crippen LogP contribution in [0.25, 0.3) is 28.0 Å². The van der Waals surface area contributed by atoms with Crippen LogP contribution in [0.4, 0.5) is 17.6 Å². The lowest BCUT2D eigenvalue weighted by molar-refractivity contribution is -0.136. The predicted molar refractivity (Wildman–Crippen MR) is 91.8 cm³/mol. The van der Waals surface area contributed by atoms with Gasteiger partial charge in [-0.05, 0) is 49.4 Å². The molecule has 0 bridgehead atoms. The van der Waals surface area contributed by atoms with Crippen molar-refractivity contribution in [3.05, 3.63) is 71.9 Å². The lowest BCUT2D eigenvalue weighted by atomic mass is 10.1. The zero-order valence-electron chi connectivity index (χ0n) is 14.0. The van der Waals surface area contributed by atoms with Crippen molar-refractivity contribution in [2.24, 2.45) is 0 Å². The monoisotopic (exact) mass is 372 g/mol. The second kappa shape index (κ2) is 6.15. The van der Waals surface area contributed by atoms with E-state index in [4.69, 9.17) is 0 Å². The third-order valence-electron chi connectivity index (χ3n) is 4.17. The molecule has 0 aliphatic rings. The van der Waals surface area contributed by atoms with Crippen molar-refractivity contribution in [2.45, 2.75) is 13.1 Å². The molecule has 0 unspecified atom stereocenters. The molecule has 0 fully saturated rings. The summed E-state index contributed by atoms with van der Waals surface area (Å²) in [4.78, 5) is 8.30. The van der Waals surface area contributed by atoms with Crippen LogP contribution in [0.2, 0.25) is 0 Å². The van der Waals surface area contributed by atoms with Gasteiger partial charge in [0.1, 0.15) is 5.82 Å². The number of fused-ring (bicyclic) bond motifs is 1. The summed E-state index contributed by atoms with van der Waals surface area (Å²) in [6.07, 6.45) is -1.61. The first-order chi connectivity index (χ1) is 12.8. The normalized spacial score (nSPS) is 11.9. The summed E-state index contributed by atoms with van der Waals surface area (Å²) in [6, 6.07) is 9.50. The summed E-state index contributed by atoms with van der Waals surface area (Å²) in [5.74, 6) is -0.451. The van der Waals surface area contributed by atoms with Gasteiger partial charge in [0.05, 0.1) is 28.0 Å². The summed E-state index contributed by atoms with van der Waals surface area (Å²) in [7, 11) is 0. The molecule has 0 radical (unpaired) electrons. The number of rotatable bonds is 2. The van der Waals surface area contributed by atoms with Crippen molar-refractivity contribution >= 4 is 11.0 Å². The van der Waals surface area contributed by atoms with E-state index in [-0.39, 0.29) is 22.4 Å². The summed E-state index contributed by atoms with van der Waals surface area (Å²) >= 11 is 0. The van der Waals surface area contributed by atoms with Crippen LogP contribution >= 0.6 is 0 Å². The third-order valence-corrected chi connectivity index (χ3v) is 4.17. The fourth-order valence-corrected chi connectivity index (χ4v) is 2.95. The molecule has 27 heavy (non-hydrogen) atoms. The average Bonchev–Trinajstić information content (AvgIpc) is 2.98. The minimum Gasteiger partial charge on any atom is -0.265 e. The van der Waals surface area contributed by atoms with Gasteiger partial charge in [0, 0.05) is 18.0 Å². The van der Waals surface area contributed by atoms with Gasteiger partial charge >= 0.3 is 6.18 Å². The minimum absolute atomic E-state index is 0.0562. The predicted octanol–water partition coefficient (Wildman–Crippen LogP) is 4.95. The first-order valence-electron chi connectivity index (χ1n) is 7.98. The Morgan fingerprint density at radius 2 is 1.63 bits per heavy atom. The van der Waals surface area contributed by atoms with Crippen LogP contribution in [0, 0.1) is 12.7 Å². The number of benzene rings is 1. The highest BCUT2D eigenvalue weighted by molar-refractivity contribution is 5.86. The average molecular weight is 372 g/mol. The van der Waals surface area contributed by atoms with Gasteiger partial charge < -0.3 is 0 Å². The van der Waals surface area contributed by atoms with E-state index in [1.807, 2.05) is 0 Å². The molecule has 8 heteroatoms. The molecular formula is C19H12F4N4. The van der Waals surface area contributed by atoms with Crippen LogP contribution in [0.15, 0.2) is 54.9 Å². The number of hydrogen-bond donors (Lipinski definition) is 0. The quantitative estimate of drug-likeness (QED) is 0.468. The molecule has 0 aliphatic heterocycles. The smallest absolute Gasteiger partial charge is 0.265 e. The molecule has 4 aromatic rings. The van der Waals surface area contributed by atoms with Crippen LogP contribution in [0.1, 0.15) is 11.3 Å². The van der Waals surface area contributed by atoms with Gasteiger partial charge in [0.2, 0.25) is 0 Å². The van der Waals surface area contributed by atoms with Crippen LogP contribution in [-0.2, 0) is 6.18 Å². The van der Waals surface area contributed by atoms with E-state index in [0.717, 1.165) is 6.07 Å². The zero-order valence-corrected chi connectivity index (χ0v) is 14.0. The van der Waals surface area contributed by atoms with E-state index in [0.29, 0.717) is 11.3 Å². The van der Waals surface area contributed by atoms with Gasteiger partial charge in [-0.15, -0.1) is 0 Å². The molecule has 0 amide bonds. The van der Waals surface area contributed by atoms with E-state index in [2.05, 4.69) is 15.1 Å². The van der Waals surface area contributed by atoms with Crippen molar-refractivity contribution in [3.63, 3.8) is 0 Å². The molecular weight excluding hydrogens is 360 g/mol. The van der Waals surface area contributed by atoms with E-state index in [9.17, 15) is 17.6 Å². The number of halogens is 4. The number of nitrogens with zero attached hydrogens (tertiary/aromatic N) is 4. The fraction of sp³-hybridized carbons (Fsp3) is 0.105. The number of aryl methyl sites for hydroxylation is 1. The first kappa shape index (κ1) is 17.1. The Labute approximate surface area is 151 Å². The van der Waals surface area contributed by atoms with Crippen molar-refractivity contribution in [1.29, 1.82) is 0 Å². The Morgan fingerprint density at radius 3 is 2.26 bits per heavy atom. The molecule has 0 spiro atoms.